The largest absolute Gasteiger partial charge is 0.354 e. The molecule has 8 heteroatoms. The molecule has 1 fully saturated rings. The zero-order valence-electron chi connectivity index (χ0n) is 16.3. The van der Waals surface area contributed by atoms with E-state index >= 15 is 0 Å². The molecule has 0 radical (unpaired) electrons. The van der Waals surface area contributed by atoms with Crippen molar-refractivity contribution in [3.63, 3.8) is 0 Å². The van der Waals surface area contributed by atoms with E-state index in [9.17, 15) is 9.59 Å². The van der Waals surface area contributed by atoms with Gasteiger partial charge in [0.15, 0.2) is 5.65 Å². The molecular weight excluding hydrogens is 368 g/mol. The quantitative estimate of drug-likeness (QED) is 0.739. The molecule has 2 amide bonds. The maximum absolute atomic E-state index is 13.1. The van der Waals surface area contributed by atoms with E-state index in [1.54, 1.807) is 22.0 Å². The van der Waals surface area contributed by atoms with Crippen molar-refractivity contribution in [2.45, 2.75) is 19.4 Å². The highest BCUT2D eigenvalue weighted by Crippen LogP contribution is 2.31. The molecule has 8 nitrogen and oxygen atoms in total. The van der Waals surface area contributed by atoms with Crippen molar-refractivity contribution < 1.29 is 9.59 Å². The van der Waals surface area contributed by atoms with Gasteiger partial charge < -0.3 is 15.1 Å². The molecule has 2 aliphatic heterocycles. The van der Waals surface area contributed by atoms with Gasteiger partial charge in [-0.1, -0.05) is 12.1 Å². The number of fused-ring (bicyclic) bond motifs is 2. The highest BCUT2D eigenvalue weighted by molar-refractivity contribution is 6.05. The molecule has 1 N–H and O–H groups in total. The van der Waals surface area contributed by atoms with E-state index in [1.165, 1.54) is 0 Å². The number of aryl methyl sites for hydroxylation is 1. The van der Waals surface area contributed by atoms with Crippen LogP contribution in [0.15, 0.2) is 36.7 Å². The molecule has 0 spiro atoms. The number of anilines is 2. The summed E-state index contributed by atoms with van der Waals surface area (Å²) in [6, 6.07) is 7.72. The highest BCUT2D eigenvalue weighted by Gasteiger charge is 2.32. The Morgan fingerprint density at radius 2 is 2.03 bits per heavy atom. The van der Waals surface area contributed by atoms with Crippen LogP contribution < -0.4 is 5.32 Å². The van der Waals surface area contributed by atoms with Gasteiger partial charge in [0.2, 0.25) is 5.91 Å². The zero-order valence-corrected chi connectivity index (χ0v) is 16.3. The number of amides is 2. The number of carbonyl (C=O) groups is 2. The summed E-state index contributed by atoms with van der Waals surface area (Å²) in [5, 5.41) is 8.46. The average Bonchev–Trinajstić information content (AvgIpc) is 3.43. The SMILES string of the molecule is Cn1ncc2cc(Nc3cccc4c3C(=O)N(CC(=O)N3CCCC3)C4)cnc21. The topological polar surface area (TPSA) is 83.4 Å². The fraction of sp³-hybridized carbons (Fsp3) is 0.333. The standard InChI is InChI=1S/C21H22N6O2/c1-25-20-15(10-23-25)9-16(11-22-20)24-17-6-4-5-14-12-27(21(29)19(14)17)13-18(28)26-7-2-3-8-26/h4-6,9-11,24H,2-3,7-8,12-13H2,1H3. The van der Waals surface area contributed by atoms with E-state index in [-0.39, 0.29) is 18.4 Å². The monoisotopic (exact) mass is 390 g/mol. The van der Waals surface area contributed by atoms with Gasteiger partial charge in [0.1, 0.15) is 6.54 Å². The molecule has 0 saturated carbocycles. The summed E-state index contributed by atoms with van der Waals surface area (Å²) in [6.45, 7) is 2.19. The fourth-order valence-electron chi connectivity index (χ4n) is 4.15. The van der Waals surface area contributed by atoms with Gasteiger partial charge in [0, 0.05) is 32.1 Å². The van der Waals surface area contributed by atoms with Crippen LogP contribution in [0.1, 0.15) is 28.8 Å². The van der Waals surface area contributed by atoms with Crippen LogP contribution in [-0.2, 0) is 18.4 Å². The van der Waals surface area contributed by atoms with Crippen LogP contribution in [0.5, 0.6) is 0 Å². The minimum absolute atomic E-state index is 0.0318. The van der Waals surface area contributed by atoms with Crippen LogP contribution in [0, 0.1) is 0 Å². The van der Waals surface area contributed by atoms with Gasteiger partial charge in [-0.3, -0.25) is 14.3 Å². The Bertz CT molecular complexity index is 1120. The summed E-state index contributed by atoms with van der Waals surface area (Å²) in [5.74, 6) is -0.0737. The summed E-state index contributed by atoms with van der Waals surface area (Å²) in [7, 11) is 1.85. The lowest BCUT2D eigenvalue weighted by Gasteiger charge is -2.20. The Hall–Kier alpha value is -3.42. The van der Waals surface area contributed by atoms with Gasteiger partial charge in [0.25, 0.3) is 5.91 Å². The summed E-state index contributed by atoms with van der Waals surface area (Å²) in [6.07, 6.45) is 5.59. The summed E-state index contributed by atoms with van der Waals surface area (Å²) >= 11 is 0. The van der Waals surface area contributed by atoms with Crippen LogP contribution in [0.4, 0.5) is 11.4 Å². The van der Waals surface area contributed by atoms with Gasteiger partial charge in [-0.05, 0) is 30.5 Å². The molecule has 0 atom stereocenters. The van der Waals surface area contributed by atoms with Gasteiger partial charge in [-0.2, -0.15) is 5.10 Å². The Morgan fingerprint density at radius 3 is 2.86 bits per heavy atom. The first-order valence-corrected chi connectivity index (χ1v) is 9.84. The average molecular weight is 390 g/mol. The number of likely N-dealkylation sites (tertiary alicyclic amines) is 1. The van der Waals surface area contributed by atoms with Crippen LogP contribution in [0.2, 0.25) is 0 Å². The predicted octanol–water partition coefficient (Wildman–Crippen LogP) is 2.29. The first-order chi connectivity index (χ1) is 14.1. The number of nitrogens with zero attached hydrogens (tertiary/aromatic N) is 5. The second-order valence-corrected chi connectivity index (χ2v) is 7.62. The van der Waals surface area contributed by atoms with Crippen LogP contribution in [0.25, 0.3) is 11.0 Å². The van der Waals surface area contributed by atoms with E-state index < -0.39 is 0 Å². The third kappa shape index (κ3) is 3.10. The van der Waals surface area contributed by atoms with Gasteiger partial charge >= 0.3 is 0 Å². The number of hydrogen-bond donors (Lipinski definition) is 1. The third-order valence-electron chi connectivity index (χ3n) is 5.65. The molecule has 1 saturated heterocycles. The number of rotatable bonds is 4. The summed E-state index contributed by atoms with van der Waals surface area (Å²) in [5.41, 5.74) is 3.89. The first-order valence-electron chi connectivity index (χ1n) is 9.84. The van der Waals surface area contributed by atoms with E-state index in [2.05, 4.69) is 15.4 Å². The maximum Gasteiger partial charge on any atom is 0.257 e. The molecule has 3 aromatic rings. The van der Waals surface area contributed by atoms with E-state index in [0.29, 0.717) is 12.1 Å². The number of benzene rings is 1. The molecule has 0 bridgehead atoms. The Morgan fingerprint density at radius 1 is 1.21 bits per heavy atom. The normalized spacial score (nSPS) is 16.0. The van der Waals surface area contributed by atoms with Crippen molar-refractivity contribution in [3.05, 3.63) is 47.8 Å². The molecule has 29 heavy (non-hydrogen) atoms. The van der Waals surface area contributed by atoms with Gasteiger partial charge in [-0.15, -0.1) is 0 Å². The Labute approximate surface area is 168 Å². The molecule has 4 heterocycles. The van der Waals surface area contributed by atoms with Crippen molar-refractivity contribution in [1.82, 2.24) is 24.6 Å². The molecule has 1 aromatic carbocycles. The minimum Gasteiger partial charge on any atom is -0.354 e. The lowest BCUT2D eigenvalue weighted by Crippen LogP contribution is -2.39. The lowest BCUT2D eigenvalue weighted by atomic mass is 10.1. The van der Waals surface area contributed by atoms with Gasteiger partial charge in [-0.25, -0.2) is 4.98 Å². The highest BCUT2D eigenvalue weighted by atomic mass is 16.2. The second kappa shape index (κ2) is 6.88. The number of carbonyl (C=O) groups excluding carboxylic acids is 2. The van der Waals surface area contributed by atoms with Crippen molar-refractivity contribution in [2.24, 2.45) is 7.05 Å². The van der Waals surface area contributed by atoms with Crippen molar-refractivity contribution in [3.8, 4) is 0 Å². The van der Waals surface area contributed by atoms with E-state index in [0.717, 1.165) is 53.9 Å². The van der Waals surface area contributed by atoms with Crippen molar-refractivity contribution >= 4 is 34.2 Å². The van der Waals surface area contributed by atoms with Crippen molar-refractivity contribution in [1.29, 1.82) is 0 Å². The fourth-order valence-corrected chi connectivity index (χ4v) is 4.15. The minimum atomic E-state index is -0.105. The first kappa shape index (κ1) is 17.7. The molecule has 2 aliphatic rings. The van der Waals surface area contributed by atoms with Crippen LogP contribution in [0.3, 0.4) is 0 Å². The van der Waals surface area contributed by atoms with Crippen LogP contribution in [-0.4, -0.2) is 56.0 Å². The summed E-state index contributed by atoms with van der Waals surface area (Å²) in [4.78, 5) is 33.5. The van der Waals surface area contributed by atoms with Crippen LogP contribution >= 0.6 is 0 Å². The lowest BCUT2D eigenvalue weighted by molar-refractivity contribution is -0.130. The predicted molar refractivity (Wildman–Crippen MR) is 109 cm³/mol. The number of hydrogen-bond acceptors (Lipinski definition) is 5. The Kier molecular flexibility index (Phi) is 4.19. The molecular formula is C21H22N6O2. The molecule has 0 aliphatic carbocycles. The maximum atomic E-state index is 13.1. The van der Waals surface area contributed by atoms with E-state index in [1.807, 2.05) is 36.2 Å². The number of pyridine rings is 1. The van der Waals surface area contributed by atoms with Crippen molar-refractivity contribution in [2.75, 3.05) is 25.0 Å². The molecule has 2 aromatic heterocycles. The number of aromatic nitrogens is 3. The second-order valence-electron chi connectivity index (χ2n) is 7.62. The zero-order chi connectivity index (χ0) is 20.0. The molecule has 0 unspecified atom stereocenters. The number of nitrogens with one attached hydrogen (secondary N) is 1. The van der Waals surface area contributed by atoms with Gasteiger partial charge in [0.05, 0.1) is 29.3 Å². The third-order valence-corrected chi connectivity index (χ3v) is 5.65. The molecule has 5 rings (SSSR count). The smallest absolute Gasteiger partial charge is 0.257 e. The molecule has 148 valence electrons. The Balaban J connectivity index is 1.38. The van der Waals surface area contributed by atoms with E-state index in [4.69, 9.17) is 0 Å². The summed E-state index contributed by atoms with van der Waals surface area (Å²) < 4.78 is 1.72.